The quantitative estimate of drug-likeness (QED) is 0.0387. The molecule has 0 atom stereocenters. The Kier molecular flexibility index (Phi) is 11.9. The zero-order valence-corrected chi connectivity index (χ0v) is 33.2. The third kappa shape index (κ3) is 8.79. The van der Waals surface area contributed by atoms with Crippen molar-refractivity contribution in [1.29, 1.82) is 0 Å². The van der Waals surface area contributed by atoms with Gasteiger partial charge in [0.25, 0.3) is 22.9 Å². The van der Waals surface area contributed by atoms with Crippen LogP contribution in [-0.4, -0.2) is 36.1 Å². The van der Waals surface area contributed by atoms with Gasteiger partial charge in [-0.1, -0.05) is 90.0 Å². The van der Waals surface area contributed by atoms with Crippen molar-refractivity contribution in [2.24, 2.45) is 10.2 Å². The number of amidine groups is 1. The van der Waals surface area contributed by atoms with Gasteiger partial charge in [0.15, 0.2) is 11.5 Å². The third-order valence-electron chi connectivity index (χ3n) is 10.5. The van der Waals surface area contributed by atoms with E-state index in [1.165, 1.54) is 36.4 Å². The molecule has 0 bridgehead atoms. The smallest absolute Gasteiger partial charge is 0.276 e. The van der Waals surface area contributed by atoms with Gasteiger partial charge in [-0.2, -0.15) is 10.2 Å². The summed E-state index contributed by atoms with van der Waals surface area (Å²) >= 11 is 0. The molecule has 0 unspecified atom stereocenters. The summed E-state index contributed by atoms with van der Waals surface area (Å²) in [5.74, 6) is 1.53. The number of aromatic nitrogens is 3. The summed E-state index contributed by atoms with van der Waals surface area (Å²) in [6, 6.07) is 46.7. The molecule has 16 heteroatoms. The summed E-state index contributed by atoms with van der Waals surface area (Å²) in [5.41, 5.74) is 6.82. The van der Waals surface area contributed by atoms with Crippen LogP contribution in [0.1, 0.15) is 55.1 Å². The van der Waals surface area contributed by atoms with Crippen LogP contribution in [0.25, 0.3) is 17.1 Å². The van der Waals surface area contributed by atoms with Gasteiger partial charge in [-0.15, -0.1) is 0 Å². The van der Waals surface area contributed by atoms with E-state index in [0.29, 0.717) is 45.5 Å². The summed E-state index contributed by atoms with van der Waals surface area (Å²) in [6.07, 6.45) is 4.83. The van der Waals surface area contributed by atoms with Crippen LogP contribution in [0.3, 0.4) is 0 Å². The van der Waals surface area contributed by atoms with Crippen LogP contribution in [0.2, 0.25) is 0 Å². The number of benzene rings is 6. The van der Waals surface area contributed by atoms with Gasteiger partial charge in [-0.3, -0.25) is 35.8 Å². The Morgan fingerprint density at radius 2 is 1.13 bits per heavy atom. The number of hydrazone groups is 2. The second-order valence-electron chi connectivity index (χ2n) is 14.5. The van der Waals surface area contributed by atoms with E-state index in [-0.39, 0.29) is 28.9 Å². The van der Waals surface area contributed by atoms with Crippen molar-refractivity contribution in [2.75, 3.05) is 10.4 Å². The molecule has 1 fully saturated rings. The summed E-state index contributed by atoms with van der Waals surface area (Å²) in [6.45, 7) is 0. The van der Waals surface area contributed by atoms with Crippen molar-refractivity contribution >= 4 is 40.0 Å². The van der Waals surface area contributed by atoms with Crippen molar-refractivity contribution in [3.05, 3.63) is 211 Å². The zero-order valence-electron chi connectivity index (χ0n) is 33.2. The maximum Gasteiger partial charge on any atom is 0.310 e. The predicted octanol–water partition coefficient (Wildman–Crippen LogP) is 9.79. The number of rotatable bonds is 13. The van der Waals surface area contributed by atoms with E-state index in [1.807, 2.05) is 91.0 Å². The number of hydrogen-bond donors (Lipinski definition) is 1. The third-order valence-corrected chi connectivity index (χ3v) is 10.5. The maximum absolute atomic E-state index is 11.9. The minimum Gasteiger partial charge on any atom is -0.276 e. The van der Waals surface area contributed by atoms with Crippen LogP contribution >= 0.6 is 0 Å². The van der Waals surface area contributed by atoms with Crippen LogP contribution in [-0.2, 0) is 0 Å². The molecule has 16 nitrogen and oxygen atoms in total. The Morgan fingerprint density at radius 3 is 1.68 bits per heavy atom. The molecule has 0 amide bonds. The number of nitro benzene ring substituents is 3. The van der Waals surface area contributed by atoms with E-state index in [0.717, 1.165) is 37.7 Å². The first-order valence-electron chi connectivity index (χ1n) is 19.9. The first-order valence-corrected chi connectivity index (χ1v) is 19.9. The Hall–Kier alpha value is -8.40. The minimum absolute atomic E-state index is 0.00597. The zero-order chi connectivity index (χ0) is 43.0. The highest BCUT2D eigenvalue weighted by Gasteiger charge is 2.38. The van der Waals surface area contributed by atoms with E-state index in [2.05, 4.69) is 9.99 Å². The first-order chi connectivity index (χ1) is 30.2. The topological polar surface area (TPSA) is 191 Å². The molecule has 1 aromatic heterocycles. The Labute approximate surface area is 355 Å². The average molecular weight is 828 g/mol. The van der Waals surface area contributed by atoms with Gasteiger partial charge < -0.3 is 0 Å². The summed E-state index contributed by atoms with van der Waals surface area (Å²) < 4.78 is 4.00. The molecule has 0 radical (unpaired) electrons. The molecular weight excluding hydrogens is 789 g/mol. The predicted molar refractivity (Wildman–Crippen MR) is 235 cm³/mol. The Bertz CT molecular complexity index is 2760. The maximum atomic E-state index is 11.9. The molecule has 0 saturated heterocycles. The van der Waals surface area contributed by atoms with Crippen LogP contribution in [0.4, 0.5) is 28.4 Å². The lowest BCUT2D eigenvalue weighted by Gasteiger charge is -2.25. The van der Waals surface area contributed by atoms with E-state index in [4.69, 9.17) is 15.3 Å². The molecule has 6 aromatic carbocycles. The lowest BCUT2D eigenvalue weighted by atomic mass is 9.94. The molecule has 8 rings (SSSR count). The lowest BCUT2D eigenvalue weighted by Crippen LogP contribution is -2.47. The fraction of sp³-hybridized carbons (Fsp3) is 0.130. The summed E-state index contributed by atoms with van der Waals surface area (Å²) in [7, 11) is 0. The number of nitrogens with zero attached hydrogens (tertiary/aromatic N) is 9. The molecule has 1 aliphatic rings. The molecule has 0 spiro atoms. The van der Waals surface area contributed by atoms with Crippen LogP contribution in [0.5, 0.6) is 0 Å². The molecule has 7 aromatic rings. The van der Waals surface area contributed by atoms with Crippen molar-refractivity contribution in [1.82, 2.24) is 9.78 Å². The highest BCUT2D eigenvalue weighted by Crippen LogP contribution is 2.31. The molecule has 0 aliphatic heterocycles. The Morgan fingerprint density at radius 1 is 0.629 bits per heavy atom. The average Bonchev–Trinajstić information content (AvgIpc) is 3.72. The van der Waals surface area contributed by atoms with E-state index in [9.17, 15) is 30.3 Å². The van der Waals surface area contributed by atoms with Crippen molar-refractivity contribution < 1.29 is 19.3 Å². The molecule has 1 aliphatic carbocycles. The van der Waals surface area contributed by atoms with Gasteiger partial charge in [-0.25, -0.2) is 9.58 Å². The second-order valence-corrected chi connectivity index (χ2v) is 14.5. The SMILES string of the molecule is O=[N+]([O-])c1ccc(N/N=C(\c2ccccc2)N(/N=C(\c2ccccc2)c2n(-c3ccc([N+](=O)[O-])cc3)nc(-c3ccccc3)[n+]2C2CCCCC2)c2ccc([N+](=O)[O-])cc2)cc1. The molecule has 1 N–H and O–H groups in total. The van der Waals surface area contributed by atoms with E-state index >= 15 is 0 Å². The number of hydrogen-bond acceptors (Lipinski definition) is 10. The van der Waals surface area contributed by atoms with Crippen LogP contribution in [0, 0.1) is 30.3 Å². The second kappa shape index (κ2) is 18.3. The highest BCUT2D eigenvalue weighted by molar-refractivity contribution is 6.15. The van der Waals surface area contributed by atoms with E-state index in [1.54, 1.807) is 46.1 Å². The molecule has 62 heavy (non-hydrogen) atoms. The molecular formula is C46H39N10O6+. The normalized spacial score (nSPS) is 13.4. The first kappa shape index (κ1) is 40.4. The highest BCUT2D eigenvalue weighted by atomic mass is 16.6. The lowest BCUT2D eigenvalue weighted by molar-refractivity contribution is -0.717. The van der Waals surface area contributed by atoms with Crippen molar-refractivity contribution in [3.63, 3.8) is 0 Å². The fourth-order valence-electron chi connectivity index (χ4n) is 7.44. The van der Waals surface area contributed by atoms with Crippen molar-refractivity contribution in [2.45, 2.75) is 38.1 Å². The van der Waals surface area contributed by atoms with Gasteiger partial charge in [0.1, 0.15) is 5.69 Å². The van der Waals surface area contributed by atoms with E-state index < -0.39 is 14.8 Å². The van der Waals surface area contributed by atoms with Crippen LogP contribution < -0.4 is 15.0 Å². The van der Waals surface area contributed by atoms with Gasteiger partial charge in [0.05, 0.1) is 42.8 Å². The van der Waals surface area contributed by atoms with Gasteiger partial charge in [0, 0.05) is 47.5 Å². The number of anilines is 2. The number of nitro groups is 3. The number of nitrogens with one attached hydrogen (secondary N) is 1. The van der Waals surface area contributed by atoms with Crippen molar-refractivity contribution in [3.8, 4) is 17.1 Å². The summed E-state index contributed by atoms with van der Waals surface area (Å²) in [5, 5.41) is 52.4. The molecule has 1 saturated carbocycles. The van der Waals surface area contributed by atoms with Gasteiger partial charge in [-0.05, 0) is 74.2 Å². The Balaban J connectivity index is 1.44. The largest absolute Gasteiger partial charge is 0.310 e. The standard InChI is InChI=1S/C46H39N10O6/c57-54(58)40-23-21-36(22-24-40)47-48-44(34-15-7-2-8-16-34)52(38-25-29-41(30-26-38)55(59)60)49-43(33-13-5-1-6-14-33)46-51(37-19-11-4-12-20-37)45(35-17-9-3-10-18-35)50-53(46)39-27-31-42(32-28-39)56(61)62/h1-3,5-10,13-18,21-32,37,47H,4,11-12,19-20H2/q+1/b48-44+. The van der Waals surface area contributed by atoms with Crippen LogP contribution in [0.15, 0.2) is 174 Å². The molecule has 1 heterocycles. The summed E-state index contributed by atoms with van der Waals surface area (Å²) in [4.78, 5) is 33.7. The number of non-ortho nitro benzene ring substituents is 3. The minimum atomic E-state index is -0.483. The molecule has 308 valence electrons. The van der Waals surface area contributed by atoms with Gasteiger partial charge in [0.2, 0.25) is 0 Å². The monoisotopic (exact) mass is 827 g/mol. The fourth-order valence-corrected chi connectivity index (χ4v) is 7.44. The van der Waals surface area contributed by atoms with Gasteiger partial charge >= 0.3 is 5.82 Å².